The molecule has 3 amide bonds. The molecule has 12 heteroatoms. The minimum Gasteiger partial charge on any atom is -0.497 e. The molecule has 0 radical (unpaired) electrons. The average molecular weight is 510 g/mol. The molecular formula is C21H17ClFN3O5S2. The van der Waals surface area contributed by atoms with Crippen LogP contribution in [0.25, 0.3) is 0 Å². The molecule has 2 heterocycles. The number of hydrogen-bond acceptors (Lipinski definition) is 6. The first-order valence-electron chi connectivity index (χ1n) is 9.55. The Morgan fingerprint density at radius 1 is 1.18 bits per heavy atom. The van der Waals surface area contributed by atoms with Gasteiger partial charge in [0.2, 0.25) is 0 Å². The number of urea groups is 1. The van der Waals surface area contributed by atoms with Gasteiger partial charge in [0.1, 0.15) is 15.8 Å². The van der Waals surface area contributed by atoms with Crippen molar-refractivity contribution in [2.75, 3.05) is 23.9 Å². The SMILES string of the molecule is COc1ccc2c(c1)C(=O)N(c1ccc(NC(=O)NS(=O)(=O)c3ccc(Cl)s3)cc1F)CC2. The lowest BCUT2D eigenvalue weighted by atomic mass is 9.98. The van der Waals surface area contributed by atoms with Crippen LogP contribution in [0.3, 0.4) is 0 Å². The van der Waals surface area contributed by atoms with Gasteiger partial charge in [0, 0.05) is 17.8 Å². The lowest BCUT2D eigenvalue weighted by Gasteiger charge is -2.29. The number of sulfonamides is 1. The van der Waals surface area contributed by atoms with Crippen LogP contribution in [0.4, 0.5) is 20.6 Å². The molecule has 2 N–H and O–H groups in total. The first-order chi connectivity index (χ1) is 15.7. The Morgan fingerprint density at radius 2 is 1.97 bits per heavy atom. The standard InChI is InChI=1S/C21H17ClFN3O5S2/c1-31-14-4-2-12-8-9-26(20(27)15(12)11-14)17-5-3-13(10-16(17)23)24-21(28)25-33(29,30)19-7-6-18(22)32-19/h2-7,10-11H,8-9H2,1H3,(H2,24,25,28). The van der Waals surface area contributed by atoms with Crippen molar-refractivity contribution >= 4 is 56.3 Å². The summed E-state index contributed by atoms with van der Waals surface area (Å²) in [4.78, 5) is 26.4. The molecule has 0 saturated heterocycles. The van der Waals surface area contributed by atoms with Crippen LogP contribution in [0, 0.1) is 5.82 Å². The van der Waals surface area contributed by atoms with Crippen LogP contribution < -0.4 is 19.7 Å². The highest BCUT2D eigenvalue weighted by molar-refractivity contribution is 7.92. The Morgan fingerprint density at radius 3 is 2.64 bits per heavy atom. The summed E-state index contributed by atoms with van der Waals surface area (Å²) in [5, 5.41) is 2.27. The highest BCUT2D eigenvalue weighted by Gasteiger charge is 2.28. The topological polar surface area (TPSA) is 105 Å². The Balaban J connectivity index is 1.49. The molecule has 0 unspecified atom stereocenters. The molecule has 1 aromatic heterocycles. The van der Waals surface area contributed by atoms with Crippen molar-refractivity contribution in [3.05, 3.63) is 69.8 Å². The number of thiophene rings is 1. The predicted octanol–water partition coefficient (Wildman–Crippen LogP) is 4.26. The van der Waals surface area contributed by atoms with E-state index < -0.39 is 21.9 Å². The number of benzene rings is 2. The number of carbonyl (C=O) groups is 2. The Bertz CT molecular complexity index is 1360. The Hall–Kier alpha value is -3.15. The number of nitrogens with one attached hydrogen (secondary N) is 2. The molecule has 2 aromatic carbocycles. The van der Waals surface area contributed by atoms with Gasteiger partial charge in [-0.25, -0.2) is 22.3 Å². The predicted molar refractivity (Wildman–Crippen MR) is 123 cm³/mol. The third-order valence-corrected chi connectivity index (χ3v) is 7.99. The second kappa shape index (κ2) is 9.00. The van der Waals surface area contributed by atoms with Crippen LogP contribution >= 0.6 is 22.9 Å². The van der Waals surface area contributed by atoms with E-state index in [0.29, 0.717) is 17.7 Å². The number of nitrogens with zero attached hydrogens (tertiary/aromatic N) is 1. The summed E-state index contributed by atoms with van der Waals surface area (Å²) < 4.78 is 46.4. The third-order valence-electron chi connectivity index (χ3n) is 4.93. The first kappa shape index (κ1) is 23.0. The summed E-state index contributed by atoms with van der Waals surface area (Å²) >= 11 is 6.52. The number of anilines is 2. The van der Waals surface area contributed by atoms with Crippen molar-refractivity contribution < 1.29 is 27.1 Å². The maximum absolute atomic E-state index is 14.9. The molecular weight excluding hydrogens is 493 g/mol. The molecule has 0 spiro atoms. The molecule has 33 heavy (non-hydrogen) atoms. The van der Waals surface area contributed by atoms with E-state index in [0.717, 1.165) is 23.0 Å². The molecule has 0 saturated carbocycles. The van der Waals surface area contributed by atoms with Gasteiger partial charge in [0.05, 0.1) is 17.1 Å². The molecule has 3 aromatic rings. The molecule has 0 aliphatic carbocycles. The lowest BCUT2D eigenvalue weighted by Crippen LogP contribution is -2.38. The normalized spacial score (nSPS) is 13.4. The Kier molecular flexibility index (Phi) is 6.28. The average Bonchev–Trinajstić information content (AvgIpc) is 3.21. The number of fused-ring (bicyclic) bond motifs is 1. The van der Waals surface area contributed by atoms with Gasteiger partial charge >= 0.3 is 6.03 Å². The van der Waals surface area contributed by atoms with Crippen molar-refractivity contribution in [1.82, 2.24) is 4.72 Å². The number of carbonyl (C=O) groups excluding carboxylic acids is 2. The van der Waals surface area contributed by atoms with E-state index in [4.69, 9.17) is 16.3 Å². The van der Waals surface area contributed by atoms with E-state index in [2.05, 4.69) is 5.32 Å². The second-order valence-electron chi connectivity index (χ2n) is 7.01. The van der Waals surface area contributed by atoms with Crippen LogP contribution in [-0.4, -0.2) is 34.0 Å². The van der Waals surface area contributed by atoms with Crippen LogP contribution in [0.15, 0.2) is 52.7 Å². The van der Waals surface area contributed by atoms with Gasteiger partial charge in [-0.3, -0.25) is 4.79 Å². The summed E-state index contributed by atoms with van der Waals surface area (Å²) in [7, 11) is -2.63. The largest absolute Gasteiger partial charge is 0.497 e. The number of ether oxygens (including phenoxy) is 1. The van der Waals surface area contributed by atoms with Crippen molar-refractivity contribution in [3.63, 3.8) is 0 Å². The molecule has 8 nitrogen and oxygen atoms in total. The van der Waals surface area contributed by atoms with Crippen molar-refractivity contribution in [2.45, 2.75) is 10.6 Å². The van der Waals surface area contributed by atoms with Gasteiger partial charge in [-0.05, 0) is 54.4 Å². The van der Waals surface area contributed by atoms with Gasteiger partial charge in [-0.1, -0.05) is 17.7 Å². The van der Waals surface area contributed by atoms with Crippen LogP contribution in [0.2, 0.25) is 4.34 Å². The molecule has 172 valence electrons. The highest BCUT2D eigenvalue weighted by Crippen LogP contribution is 2.30. The summed E-state index contributed by atoms with van der Waals surface area (Å²) in [5.41, 5.74) is 1.33. The molecule has 0 bridgehead atoms. The zero-order valence-corrected chi connectivity index (χ0v) is 19.5. The van der Waals surface area contributed by atoms with Crippen molar-refractivity contribution in [3.8, 4) is 5.75 Å². The summed E-state index contributed by atoms with van der Waals surface area (Å²) in [6.07, 6.45) is 0.539. The molecule has 1 aliphatic rings. The first-order valence-corrected chi connectivity index (χ1v) is 12.2. The fraction of sp³-hybridized carbons (Fsp3) is 0.143. The highest BCUT2D eigenvalue weighted by atomic mass is 35.5. The van der Waals surface area contributed by atoms with E-state index in [-0.39, 0.29) is 32.4 Å². The van der Waals surface area contributed by atoms with E-state index in [1.165, 1.54) is 36.3 Å². The zero-order valence-electron chi connectivity index (χ0n) is 17.1. The van der Waals surface area contributed by atoms with Crippen molar-refractivity contribution in [2.24, 2.45) is 0 Å². The smallest absolute Gasteiger partial charge is 0.333 e. The van der Waals surface area contributed by atoms with E-state index in [1.807, 2.05) is 10.8 Å². The van der Waals surface area contributed by atoms with Gasteiger partial charge in [-0.2, -0.15) is 0 Å². The van der Waals surface area contributed by atoms with E-state index in [9.17, 15) is 22.4 Å². The molecule has 4 rings (SSSR count). The van der Waals surface area contributed by atoms with Crippen LogP contribution in [0.5, 0.6) is 5.75 Å². The van der Waals surface area contributed by atoms with Gasteiger partial charge in [0.15, 0.2) is 0 Å². The van der Waals surface area contributed by atoms with Crippen molar-refractivity contribution in [1.29, 1.82) is 0 Å². The second-order valence-corrected chi connectivity index (χ2v) is 10.6. The number of amides is 3. The van der Waals surface area contributed by atoms with Crippen LogP contribution in [-0.2, 0) is 16.4 Å². The van der Waals surface area contributed by atoms with Gasteiger partial charge in [-0.15, -0.1) is 11.3 Å². The molecule has 1 aliphatic heterocycles. The zero-order chi connectivity index (χ0) is 23.8. The van der Waals surface area contributed by atoms with E-state index in [1.54, 1.807) is 12.1 Å². The van der Waals surface area contributed by atoms with Gasteiger partial charge < -0.3 is 15.0 Å². The lowest BCUT2D eigenvalue weighted by molar-refractivity contribution is 0.0979. The third kappa shape index (κ3) is 4.80. The quantitative estimate of drug-likeness (QED) is 0.534. The monoisotopic (exact) mass is 509 g/mol. The minimum absolute atomic E-state index is 0.0136. The maximum atomic E-state index is 14.9. The Labute approximate surface area is 198 Å². The minimum atomic E-state index is -4.12. The molecule has 0 fully saturated rings. The fourth-order valence-corrected chi connectivity index (χ4v) is 5.77. The number of hydrogen-bond donors (Lipinski definition) is 2. The number of rotatable bonds is 5. The van der Waals surface area contributed by atoms with Gasteiger partial charge in [0.25, 0.3) is 15.9 Å². The molecule has 0 atom stereocenters. The fourth-order valence-electron chi connectivity index (χ4n) is 3.38. The van der Waals surface area contributed by atoms with E-state index >= 15 is 0 Å². The summed E-state index contributed by atoms with van der Waals surface area (Å²) in [6, 6.07) is 10.5. The number of halogens is 2. The van der Waals surface area contributed by atoms with Crippen LogP contribution in [0.1, 0.15) is 15.9 Å². The summed E-state index contributed by atoms with van der Waals surface area (Å²) in [5.74, 6) is -0.594. The number of methoxy groups -OCH3 is 1. The maximum Gasteiger partial charge on any atom is 0.333 e. The summed E-state index contributed by atoms with van der Waals surface area (Å²) in [6.45, 7) is 0.282.